The van der Waals surface area contributed by atoms with E-state index in [1.54, 1.807) is 0 Å². The monoisotopic (exact) mass is 537 g/mol. The van der Waals surface area contributed by atoms with Gasteiger partial charge in [0.15, 0.2) is 0 Å². The highest BCUT2D eigenvalue weighted by molar-refractivity contribution is 5.51. The summed E-state index contributed by atoms with van der Waals surface area (Å²) in [6, 6.07) is 9.22. The number of hydrogen-bond acceptors (Lipinski definition) is 3. The summed E-state index contributed by atoms with van der Waals surface area (Å²) >= 11 is 0. The van der Waals surface area contributed by atoms with Gasteiger partial charge in [0.1, 0.15) is 11.5 Å². The molecule has 0 aliphatic rings. The first-order valence-electron chi connectivity index (χ1n) is 14.9. The lowest BCUT2D eigenvalue weighted by Crippen LogP contribution is -2.40. The van der Waals surface area contributed by atoms with Crippen molar-refractivity contribution in [2.75, 3.05) is 7.05 Å². The van der Waals surface area contributed by atoms with Crippen molar-refractivity contribution in [2.45, 2.75) is 137 Å². The van der Waals surface area contributed by atoms with E-state index in [2.05, 4.69) is 134 Å². The summed E-state index contributed by atoms with van der Waals surface area (Å²) in [6.07, 6.45) is 1.89. The highest BCUT2D eigenvalue weighted by Gasteiger charge is 2.30. The molecule has 0 aliphatic heterocycles. The first-order valence-corrected chi connectivity index (χ1v) is 14.9. The van der Waals surface area contributed by atoms with Crippen LogP contribution in [0.15, 0.2) is 24.3 Å². The van der Waals surface area contributed by atoms with Gasteiger partial charge in [-0.2, -0.15) is 0 Å². The summed E-state index contributed by atoms with van der Waals surface area (Å²) in [6.45, 7) is 30.8. The minimum atomic E-state index is -0.132. The van der Waals surface area contributed by atoms with E-state index in [-0.39, 0.29) is 21.7 Å². The van der Waals surface area contributed by atoms with Crippen LogP contribution < -0.4 is 5.32 Å². The average molecular weight is 538 g/mol. The van der Waals surface area contributed by atoms with Gasteiger partial charge in [-0.3, -0.25) is 0 Å². The largest absolute Gasteiger partial charge is 0.507 e. The zero-order valence-corrected chi connectivity index (χ0v) is 27.9. The summed E-state index contributed by atoms with van der Waals surface area (Å²) in [5, 5.41) is 26.0. The second-order valence-corrected chi connectivity index (χ2v) is 16.3. The molecule has 3 nitrogen and oxygen atoms in total. The average Bonchev–Trinajstić information content (AvgIpc) is 2.73. The molecule has 2 unspecified atom stereocenters. The van der Waals surface area contributed by atoms with Gasteiger partial charge in [0, 0.05) is 6.04 Å². The molecular weight excluding hydrogens is 478 g/mol. The van der Waals surface area contributed by atoms with E-state index >= 15 is 0 Å². The van der Waals surface area contributed by atoms with Crippen LogP contribution in [0.3, 0.4) is 0 Å². The van der Waals surface area contributed by atoms with Crippen LogP contribution in [-0.2, 0) is 34.5 Å². The van der Waals surface area contributed by atoms with Crippen molar-refractivity contribution in [3.63, 3.8) is 0 Å². The number of phenols is 2. The van der Waals surface area contributed by atoms with E-state index < -0.39 is 0 Å². The Morgan fingerprint density at radius 1 is 0.538 bits per heavy atom. The molecule has 0 radical (unpaired) electrons. The molecule has 2 aromatic rings. The van der Waals surface area contributed by atoms with Crippen molar-refractivity contribution >= 4 is 0 Å². The molecule has 0 amide bonds. The van der Waals surface area contributed by atoms with E-state index in [0.717, 1.165) is 35.1 Å². The third-order valence-electron chi connectivity index (χ3n) is 8.25. The highest BCUT2D eigenvalue weighted by atomic mass is 16.3. The van der Waals surface area contributed by atoms with Crippen molar-refractivity contribution in [1.82, 2.24) is 5.32 Å². The van der Waals surface area contributed by atoms with Crippen LogP contribution in [-0.4, -0.2) is 23.3 Å². The maximum Gasteiger partial charge on any atom is 0.123 e. The van der Waals surface area contributed by atoms with Gasteiger partial charge in [0.2, 0.25) is 0 Å². The second kappa shape index (κ2) is 11.5. The van der Waals surface area contributed by atoms with E-state index in [1.807, 2.05) is 0 Å². The van der Waals surface area contributed by atoms with Gasteiger partial charge >= 0.3 is 0 Å². The first kappa shape index (κ1) is 33.2. The molecule has 220 valence electrons. The van der Waals surface area contributed by atoms with Crippen molar-refractivity contribution in [1.29, 1.82) is 0 Å². The predicted octanol–water partition coefficient (Wildman–Crippen LogP) is 8.93. The molecule has 0 bridgehead atoms. The van der Waals surface area contributed by atoms with Crippen LogP contribution in [0.4, 0.5) is 0 Å². The van der Waals surface area contributed by atoms with E-state index in [4.69, 9.17) is 0 Å². The molecule has 0 aliphatic carbocycles. The van der Waals surface area contributed by atoms with Crippen molar-refractivity contribution in [3.8, 4) is 11.5 Å². The quantitative estimate of drug-likeness (QED) is 0.330. The molecule has 3 N–H and O–H groups in total. The third-order valence-corrected chi connectivity index (χ3v) is 8.25. The maximum atomic E-state index is 11.2. The van der Waals surface area contributed by atoms with E-state index in [0.29, 0.717) is 29.4 Å². The maximum absolute atomic E-state index is 11.2. The molecule has 39 heavy (non-hydrogen) atoms. The normalized spacial score (nSPS) is 15.8. The minimum absolute atomic E-state index is 0.132. The van der Waals surface area contributed by atoms with E-state index in [9.17, 15) is 10.2 Å². The van der Waals surface area contributed by atoms with Crippen LogP contribution in [0.5, 0.6) is 11.5 Å². The molecule has 0 fully saturated rings. The summed E-state index contributed by atoms with van der Waals surface area (Å²) < 4.78 is 0. The lowest BCUT2D eigenvalue weighted by Gasteiger charge is -2.33. The number of nitrogens with one attached hydrogen (secondary N) is 1. The Kier molecular flexibility index (Phi) is 9.77. The Labute approximate surface area is 240 Å². The smallest absolute Gasteiger partial charge is 0.123 e. The third kappa shape index (κ3) is 8.03. The highest BCUT2D eigenvalue weighted by Crippen LogP contribution is 2.42. The first-order chi connectivity index (χ1) is 17.5. The molecule has 2 rings (SSSR count). The fourth-order valence-corrected chi connectivity index (χ4v) is 6.04. The summed E-state index contributed by atoms with van der Waals surface area (Å²) in [7, 11) is 2.08. The minimum Gasteiger partial charge on any atom is -0.507 e. The fraction of sp³-hybridized carbons (Fsp3) is 0.667. The van der Waals surface area contributed by atoms with Gasteiger partial charge in [-0.15, -0.1) is 0 Å². The zero-order valence-electron chi connectivity index (χ0n) is 27.9. The van der Waals surface area contributed by atoms with Crippen LogP contribution in [0.25, 0.3) is 0 Å². The Balaban J connectivity index is 2.43. The van der Waals surface area contributed by atoms with Crippen LogP contribution in [0, 0.1) is 11.8 Å². The molecule has 0 saturated carbocycles. The van der Waals surface area contributed by atoms with Gasteiger partial charge in [0.05, 0.1) is 0 Å². The molecule has 0 heterocycles. The molecular formula is C36H59NO2. The topological polar surface area (TPSA) is 52.5 Å². The second-order valence-electron chi connectivity index (χ2n) is 16.3. The SMILES string of the molecule is CNC(C(C)Cc1cc(C(C)(C)C)c(O)c(C(C)(C)C)c1)C(C)Cc1cc(C(C)(C)C)c(O)c(C(C)(C)C)c1. The summed E-state index contributed by atoms with van der Waals surface area (Å²) in [5.41, 5.74) is 6.16. The Bertz CT molecular complexity index is 973. The van der Waals surface area contributed by atoms with Crippen molar-refractivity contribution in [3.05, 3.63) is 57.6 Å². The Morgan fingerprint density at radius 3 is 0.949 bits per heavy atom. The van der Waals surface area contributed by atoms with Crippen LogP contribution in [0.1, 0.15) is 130 Å². The summed E-state index contributed by atoms with van der Waals surface area (Å²) in [4.78, 5) is 0. The van der Waals surface area contributed by atoms with Crippen molar-refractivity contribution < 1.29 is 10.2 Å². The van der Waals surface area contributed by atoms with Gasteiger partial charge in [-0.1, -0.05) is 121 Å². The molecule has 2 atom stereocenters. The number of rotatable bonds is 7. The van der Waals surface area contributed by atoms with Gasteiger partial charge in [-0.05, 0) is 86.8 Å². The molecule has 0 spiro atoms. The zero-order chi connectivity index (χ0) is 30.3. The molecule has 2 aromatic carbocycles. The predicted molar refractivity (Wildman–Crippen MR) is 170 cm³/mol. The standard InChI is InChI=1S/C36H59NO2/c1-22(16-24-18-26(33(3,4)5)31(38)27(19-24)34(6,7)8)30(37-15)23(2)17-25-20-28(35(9,10)11)32(39)29(21-25)36(12,13)14/h18-23,30,37-39H,16-17H2,1-15H3. The van der Waals surface area contributed by atoms with Gasteiger partial charge in [0.25, 0.3) is 0 Å². The lowest BCUT2D eigenvalue weighted by molar-refractivity contribution is 0.295. The number of aromatic hydroxyl groups is 2. The Hall–Kier alpha value is -2.00. The van der Waals surface area contributed by atoms with Crippen molar-refractivity contribution in [2.24, 2.45) is 11.8 Å². The van der Waals surface area contributed by atoms with E-state index in [1.165, 1.54) is 11.1 Å². The fourth-order valence-electron chi connectivity index (χ4n) is 6.04. The van der Waals surface area contributed by atoms with Crippen LogP contribution >= 0.6 is 0 Å². The summed E-state index contributed by atoms with van der Waals surface area (Å²) in [5.74, 6) is 1.69. The Morgan fingerprint density at radius 2 is 0.769 bits per heavy atom. The number of phenolic OH excluding ortho intramolecular Hbond substituents is 2. The number of benzene rings is 2. The van der Waals surface area contributed by atoms with Gasteiger partial charge in [-0.25, -0.2) is 0 Å². The van der Waals surface area contributed by atoms with Crippen LogP contribution in [0.2, 0.25) is 0 Å². The van der Waals surface area contributed by atoms with Gasteiger partial charge < -0.3 is 15.5 Å². The lowest BCUT2D eigenvalue weighted by atomic mass is 9.75. The molecule has 3 heteroatoms. The number of hydrogen-bond donors (Lipinski definition) is 3. The molecule has 0 aromatic heterocycles. The molecule has 0 saturated heterocycles.